The number of rotatable bonds is 6. The molecule has 1 aromatic rings. The summed E-state index contributed by atoms with van der Waals surface area (Å²) >= 11 is 0. The standard InChI is InChI=1S/C20H30O4Si/c1-20(2,3)25(5,6)24-17-13-12-16(19(21)22-4)18(17)23-14-15-10-8-7-9-11-15/h7-12,17-18H,13-14H2,1-6H3. The third-order valence-corrected chi connectivity index (χ3v) is 9.66. The maximum Gasteiger partial charge on any atom is 0.336 e. The second kappa shape index (κ2) is 7.85. The van der Waals surface area contributed by atoms with Crippen LogP contribution in [0.25, 0.3) is 0 Å². The smallest absolute Gasteiger partial charge is 0.336 e. The molecule has 2 rings (SSSR count). The number of hydrogen-bond acceptors (Lipinski definition) is 4. The van der Waals surface area contributed by atoms with Crippen LogP contribution in [0, 0.1) is 0 Å². The van der Waals surface area contributed by atoms with E-state index in [1.807, 2.05) is 36.4 Å². The van der Waals surface area contributed by atoms with Crippen LogP contribution in [-0.2, 0) is 25.3 Å². The van der Waals surface area contributed by atoms with Gasteiger partial charge in [-0.15, -0.1) is 0 Å². The fourth-order valence-corrected chi connectivity index (χ4v) is 3.95. The summed E-state index contributed by atoms with van der Waals surface area (Å²) in [5.74, 6) is -0.334. The van der Waals surface area contributed by atoms with Crippen LogP contribution in [0.15, 0.2) is 42.0 Å². The van der Waals surface area contributed by atoms with Crippen LogP contribution in [0.3, 0.4) is 0 Å². The second-order valence-electron chi connectivity index (χ2n) is 8.02. The van der Waals surface area contributed by atoms with Crippen LogP contribution < -0.4 is 0 Å². The van der Waals surface area contributed by atoms with Crippen molar-refractivity contribution in [1.82, 2.24) is 0 Å². The lowest BCUT2D eigenvalue weighted by atomic mass is 10.1. The average Bonchev–Trinajstić information content (AvgIpc) is 2.94. The first kappa shape index (κ1) is 19.9. The number of methoxy groups -OCH3 is 1. The van der Waals surface area contributed by atoms with Crippen LogP contribution in [0.2, 0.25) is 18.1 Å². The molecular formula is C20H30O4Si. The molecule has 5 heteroatoms. The molecule has 0 amide bonds. The maximum absolute atomic E-state index is 12.1. The Labute approximate surface area is 152 Å². The summed E-state index contributed by atoms with van der Waals surface area (Å²) < 4.78 is 17.6. The van der Waals surface area contributed by atoms with Crippen molar-refractivity contribution in [2.24, 2.45) is 0 Å². The molecule has 1 aliphatic carbocycles. The number of hydrogen-bond donors (Lipinski definition) is 0. The van der Waals surface area contributed by atoms with Gasteiger partial charge in [0, 0.05) is 0 Å². The highest BCUT2D eigenvalue weighted by atomic mass is 28.4. The normalized spacial score (nSPS) is 21.1. The minimum absolute atomic E-state index is 0.102. The summed E-state index contributed by atoms with van der Waals surface area (Å²) in [5, 5.41) is 0.102. The van der Waals surface area contributed by atoms with E-state index in [2.05, 4.69) is 33.9 Å². The van der Waals surface area contributed by atoms with Crippen molar-refractivity contribution in [3.8, 4) is 0 Å². The molecule has 0 aliphatic heterocycles. The van der Waals surface area contributed by atoms with Gasteiger partial charge in [-0.05, 0) is 30.1 Å². The minimum atomic E-state index is -1.96. The number of benzene rings is 1. The number of ether oxygens (including phenoxy) is 2. The van der Waals surface area contributed by atoms with Crippen molar-refractivity contribution >= 4 is 14.3 Å². The molecule has 138 valence electrons. The first-order valence-corrected chi connectivity index (χ1v) is 11.7. The van der Waals surface area contributed by atoms with Crippen LogP contribution in [0.1, 0.15) is 32.8 Å². The Morgan fingerprint density at radius 3 is 2.40 bits per heavy atom. The fourth-order valence-electron chi connectivity index (χ4n) is 2.62. The van der Waals surface area contributed by atoms with Crippen molar-refractivity contribution in [3.05, 3.63) is 47.5 Å². The summed E-state index contributed by atoms with van der Waals surface area (Å²) in [4.78, 5) is 12.1. The SMILES string of the molecule is COC(=O)C1=CCC(O[Si](C)(C)C(C)(C)C)C1OCc1ccccc1. The molecule has 0 heterocycles. The van der Waals surface area contributed by atoms with Crippen molar-refractivity contribution in [2.45, 2.75) is 64.1 Å². The van der Waals surface area contributed by atoms with Crippen LogP contribution >= 0.6 is 0 Å². The van der Waals surface area contributed by atoms with Crippen LogP contribution in [0.5, 0.6) is 0 Å². The molecule has 1 aromatic carbocycles. The molecule has 0 N–H and O–H groups in total. The molecular weight excluding hydrogens is 332 g/mol. The quantitative estimate of drug-likeness (QED) is 0.553. The predicted molar refractivity (Wildman–Crippen MR) is 102 cm³/mol. The largest absolute Gasteiger partial charge is 0.466 e. The van der Waals surface area contributed by atoms with E-state index in [0.717, 1.165) is 5.56 Å². The third-order valence-electron chi connectivity index (χ3n) is 5.16. The van der Waals surface area contributed by atoms with E-state index in [9.17, 15) is 4.79 Å². The average molecular weight is 363 g/mol. The summed E-state index contributed by atoms with van der Waals surface area (Å²) in [6.45, 7) is 11.5. The van der Waals surface area contributed by atoms with E-state index in [0.29, 0.717) is 18.6 Å². The molecule has 1 aliphatic rings. The van der Waals surface area contributed by atoms with E-state index in [1.165, 1.54) is 7.11 Å². The zero-order valence-corrected chi connectivity index (χ0v) is 17.2. The lowest BCUT2D eigenvalue weighted by Crippen LogP contribution is -2.47. The molecule has 0 saturated carbocycles. The zero-order valence-electron chi connectivity index (χ0n) is 16.2. The number of carbonyl (C=O) groups excluding carboxylic acids is 1. The highest BCUT2D eigenvalue weighted by molar-refractivity contribution is 6.74. The number of carbonyl (C=O) groups is 1. The molecule has 0 spiro atoms. The second-order valence-corrected chi connectivity index (χ2v) is 12.8. The molecule has 0 fully saturated rings. The minimum Gasteiger partial charge on any atom is -0.466 e. The molecule has 25 heavy (non-hydrogen) atoms. The van der Waals surface area contributed by atoms with Gasteiger partial charge in [-0.25, -0.2) is 4.79 Å². The fraction of sp³-hybridized carbons (Fsp3) is 0.550. The van der Waals surface area contributed by atoms with Gasteiger partial charge in [-0.3, -0.25) is 0 Å². The lowest BCUT2D eigenvalue weighted by Gasteiger charge is -2.40. The highest BCUT2D eigenvalue weighted by Crippen LogP contribution is 2.40. The van der Waals surface area contributed by atoms with E-state index < -0.39 is 8.32 Å². The van der Waals surface area contributed by atoms with Crippen molar-refractivity contribution in [2.75, 3.05) is 7.11 Å². The van der Waals surface area contributed by atoms with Crippen molar-refractivity contribution in [1.29, 1.82) is 0 Å². The highest BCUT2D eigenvalue weighted by Gasteiger charge is 2.44. The van der Waals surface area contributed by atoms with E-state index in [1.54, 1.807) is 0 Å². The van der Waals surface area contributed by atoms with E-state index in [-0.39, 0.29) is 23.2 Å². The Morgan fingerprint density at radius 2 is 1.84 bits per heavy atom. The monoisotopic (exact) mass is 362 g/mol. The topological polar surface area (TPSA) is 44.8 Å². The Balaban J connectivity index is 2.14. The Kier molecular flexibility index (Phi) is 6.24. The van der Waals surface area contributed by atoms with E-state index in [4.69, 9.17) is 13.9 Å². The van der Waals surface area contributed by atoms with Gasteiger partial charge in [-0.1, -0.05) is 57.2 Å². The van der Waals surface area contributed by atoms with Gasteiger partial charge >= 0.3 is 5.97 Å². The van der Waals surface area contributed by atoms with Gasteiger partial charge in [0.2, 0.25) is 0 Å². The van der Waals surface area contributed by atoms with Gasteiger partial charge in [0.05, 0.1) is 25.4 Å². The van der Waals surface area contributed by atoms with Gasteiger partial charge < -0.3 is 13.9 Å². The molecule has 0 aromatic heterocycles. The molecule has 2 unspecified atom stereocenters. The molecule has 0 radical (unpaired) electrons. The van der Waals surface area contributed by atoms with Crippen LogP contribution in [0.4, 0.5) is 0 Å². The van der Waals surface area contributed by atoms with Crippen molar-refractivity contribution in [3.63, 3.8) is 0 Å². The first-order valence-electron chi connectivity index (χ1n) is 8.77. The molecule has 0 saturated heterocycles. The number of esters is 1. The Bertz CT molecular complexity index is 616. The summed E-state index contributed by atoms with van der Waals surface area (Å²) in [5.41, 5.74) is 1.65. The zero-order chi connectivity index (χ0) is 18.7. The van der Waals surface area contributed by atoms with E-state index >= 15 is 0 Å². The molecule has 0 bridgehead atoms. The summed E-state index contributed by atoms with van der Waals surface area (Å²) in [6.07, 6.45) is 2.05. The predicted octanol–water partition coefficient (Wildman–Crippen LogP) is 4.47. The van der Waals surface area contributed by atoms with Crippen LogP contribution in [-0.4, -0.2) is 33.6 Å². The third kappa shape index (κ3) is 4.81. The molecule has 2 atom stereocenters. The maximum atomic E-state index is 12.1. The van der Waals surface area contributed by atoms with Gasteiger partial charge in [0.1, 0.15) is 6.10 Å². The first-order chi connectivity index (χ1) is 11.7. The Morgan fingerprint density at radius 1 is 1.20 bits per heavy atom. The molecule has 4 nitrogen and oxygen atoms in total. The lowest BCUT2D eigenvalue weighted by molar-refractivity contribution is -0.138. The van der Waals surface area contributed by atoms with Gasteiger partial charge in [0.15, 0.2) is 8.32 Å². The van der Waals surface area contributed by atoms with Crippen molar-refractivity contribution < 1.29 is 18.7 Å². The van der Waals surface area contributed by atoms with Gasteiger partial charge in [-0.2, -0.15) is 0 Å². The summed E-state index contributed by atoms with van der Waals surface area (Å²) in [7, 11) is -0.558. The van der Waals surface area contributed by atoms with Gasteiger partial charge in [0.25, 0.3) is 0 Å². The Hall–Kier alpha value is -1.43. The summed E-state index contributed by atoms with van der Waals surface area (Å²) in [6, 6.07) is 9.96.